The van der Waals surface area contributed by atoms with Gasteiger partial charge in [-0.2, -0.15) is 0 Å². The highest BCUT2D eigenvalue weighted by atomic mass is 32.1. The van der Waals surface area contributed by atoms with Crippen molar-refractivity contribution in [3.63, 3.8) is 0 Å². The van der Waals surface area contributed by atoms with Gasteiger partial charge in [-0.1, -0.05) is 12.8 Å². The van der Waals surface area contributed by atoms with Gasteiger partial charge in [0.2, 0.25) is 0 Å². The Morgan fingerprint density at radius 1 is 1.60 bits per heavy atom. The average Bonchev–Trinajstić information content (AvgIpc) is 2.50. The summed E-state index contributed by atoms with van der Waals surface area (Å²) in [7, 11) is 0. The second-order valence-electron chi connectivity index (χ2n) is 4.32. The zero-order chi connectivity index (χ0) is 11.1. The molecule has 1 heterocycles. The topological polar surface area (TPSA) is 61.7 Å². The van der Waals surface area contributed by atoms with Crippen LogP contribution in [0, 0.1) is 5.92 Å². The Balaban J connectivity index is 2.40. The molecule has 2 N–H and O–H groups in total. The first-order valence-electron chi connectivity index (χ1n) is 5.15. The summed E-state index contributed by atoms with van der Waals surface area (Å²) in [5.74, 6) is -1.32. The zero-order valence-electron chi connectivity index (χ0n) is 8.62. The first kappa shape index (κ1) is 10.5. The van der Waals surface area contributed by atoms with Crippen LogP contribution in [0.4, 0.5) is 0 Å². The molecule has 5 heteroatoms. The Morgan fingerprint density at radius 3 is 2.73 bits per heavy atom. The molecule has 0 aromatic carbocycles. The number of carbonyl (C=O) groups is 1. The fourth-order valence-corrected chi connectivity index (χ4v) is 3.12. The quantitative estimate of drug-likeness (QED) is 0.662. The Labute approximate surface area is 93.8 Å². The lowest BCUT2D eigenvalue weighted by Crippen LogP contribution is -2.59. The number of carboxylic acid groups (broad SMARTS) is 1. The summed E-state index contributed by atoms with van der Waals surface area (Å²) in [6.45, 7) is 1.76. The minimum Gasteiger partial charge on any atom is -0.481 e. The van der Waals surface area contributed by atoms with Crippen LogP contribution in [-0.4, -0.2) is 27.4 Å². The summed E-state index contributed by atoms with van der Waals surface area (Å²) in [5.41, 5.74) is 0.266. The van der Waals surface area contributed by atoms with E-state index in [0.717, 1.165) is 25.7 Å². The fourth-order valence-electron chi connectivity index (χ4n) is 2.77. The Morgan fingerprint density at radius 2 is 2.20 bits per heavy atom. The maximum Gasteiger partial charge on any atom is 0.314 e. The van der Waals surface area contributed by atoms with Crippen LogP contribution in [0.25, 0.3) is 0 Å². The minimum absolute atomic E-state index is 0.366. The van der Waals surface area contributed by atoms with Crippen molar-refractivity contribution in [2.75, 3.05) is 0 Å². The third-order valence-electron chi connectivity index (χ3n) is 3.35. The van der Waals surface area contributed by atoms with E-state index in [1.165, 1.54) is 0 Å². The second kappa shape index (κ2) is 3.56. The molecule has 1 atom stereocenters. The number of rotatable bonds is 1. The largest absolute Gasteiger partial charge is 0.481 e. The Bertz CT molecular complexity index is 345. The molecule has 4 nitrogen and oxygen atoms in total. The van der Waals surface area contributed by atoms with Gasteiger partial charge < -0.3 is 10.4 Å². The smallest absolute Gasteiger partial charge is 0.314 e. The summed E-state index contributed by atoms with van der Waals surface area (Å²) in [6, 6.07) is 0. The highest BCUT2D eigenvalue weighted by Gasteiger charge is 2.49. The molecule has 1 spiro atoms. The van der Waals surface area contributed by atoms with Gasteiger partial charge in [-0.15, -0.1) is 0 Å². The molecule has 1 aliphatic carbocycles. The number of nitrogens with zero attached hydrogens (tertiary/aromatic N) is 1. The van der Waals surface area contributed by atoms with Crippen molar-refractivity contribution in [1.82, 2.24) is 5.32 Å². The standard InChI is InChI=1S/C10H14N2O2S/c1-6-7(8(13)14)10(4-2-3-5-10)12-9(15)11-6/h7H,2-5H2,1H3,(H,12,15)(H,13,14). The first-order chi connectivity index (χ1) is 7.05. The predicted molar refractivity (Wildman–Crippen MR) is 61.2 cm³/mol. The normalized spacial score (nSPS) is 28.7. The van der Waals surface area contributed by atoms with Gasteiger partial charge in [0.1, 0.15) is 5.92 Å². The monoisotopic (exact) mass is 226 g/mol. The van der Waals surface area contributed by atoms with Gasteiger partial charge in [0.25, 0.3) is 0 Å². The van der Waals surface area contributed by atoms with E-state index in [0.29, 0.717) is 10.8 Å². The summed E-state index contributed by atoms with van der Waals surface area (Å²) >= 11 is 5.04. The van der Waals surface area contributed by atoms with Gasteiger partial charge in [0.15, 0.2) is 5.11 Å². The lowest BCUT2D eigenvalue weighted by molar-refractivity contribution is -0.141. The highest BCUT2D eigenvalue weighted by Crippen LogP contribution is 2.38. The van der Waals surface area contributed by atoms with Gasteiger partial charge in [-0.05, 0) is 32.0 Å². The van der Waals surface area contributed by atoms with Gasteiger partial charge in [0.05, 0.1) is 5.54 Å². The molecule has 0 aromatic heterocycles. The minimum atomic E-state index is -0.798. The van der Waals surface area contributed by atoms with Crippen LogP contribution in [0.1, 0.15) is 32.6 Å². The summed E-state index contributed by atoms with van der Waals surface area (Å²) < 4.78 is 0. The lowest BCUT2D eigenvalue weighted by Gasteiger charge is -2.39. The van der Waals surface area contributed by atoms with Crippen molar-refractivity contribution in [2.45, 2.75) is 38.1 Å². The summed E-state index contributed by atoms with van der Waals surface area (Å²) in [5, 5.41) is 12.8. The van der Waals surface area contributed by atoms with Crippen molar-refractivity contribution in [1.29, 1.82) is 0 Å². The van der Waals surface area contributed by atoms with E-state index in [9.17, 15) is 9.90 Å². The van der Waals surface area contributed by atoms with Crippen molar-refractivity contribution >= 4 is 29.0 Å². The first-order valence-corrected chi connectivity index (χ1v) is 5.56. The molecule has 0 amide bonds. The number of nitrogens with one attached hydrogen (secondary N) is 1. The molecule has 0 saturated heterocycles. The van der Waals surface area contributed by atoms with E-state index in [2.05, 4.69) is 10.3 Å². The molecule has 1 saturated carbocycles. The molecule has 2 aliphatic rings. The highest BCUT2D eigenvalue weighted by molar-refractivity contribution is 7.80. The average molecular weight is 226 g/mol. The third-order valence-corrected chi connectivity index (χ3v) is 3.54. The Hall–Kier alpha value is -0.970. The number of aliphatic imine (C=N–C) groups is 1. The number of hydrogen-bond acceptors (Lipinski definition) is 2. The molecular weight excluding hydrogens is 212 g/mol. The van der Waals surface area contributed by atoms with Crippen LogP contribution in [0.5, 0.6) is 0 Å². The van der Waals surface area contributed by atoms with Gasteiger partial charge in [-0.3, -0.25) is 4.79 Å². The molecule has 0 aromatic rings. The number of carboxylic acids is 1. The molecular formula is C10H14N2O2S. The summed E-state index contributed by atoms with van der Waals surface area (Å²) in [6.07, 6.45) is 3.87. The van der Waals surface area contributed by atoms with E-state index >= 15 is 0 Å². The molecule has 1 aliphatic heterocycles. The number of hydrogen-bond donors (Lipinski definition) is 2. The van der Waals surface area contributed by atoms with Crippen LogP contribution in [0.3, 0.4) is 0 Å². The van der Waals surface area contributed by atoms with Gasteiger partial charge in [-0.25, -0.2) is 4.99 Å². The van der Waals surface area contributed by atoms with Crippen LogP contribution >= 0.6 is 12.2 Å². The SMILES string of the molecule is CC1=NC(=S)NC2(CCCC2)C1C(=O)O. The van der Waals surface area contributed by atoms with Crippen LogP contribution < -0.4 is 5.32 Å². The second-order valence-corrected chi connectivity index (χ2v) is 4.70. The lowest BCUT2D eigenvalue weighted by atomic mass is 9.78. The predicted octanol–water partition coefficient (Wildman–Crippen LogP) is 1.35. The molecule has 2 rings (SSSR count). The maximum atomic E-state index is 11.3. The molecule has 1 unspecified atom stereocenters. The molecule has 0 bridgehead atoms. The molecule has 1 fully saturated rings. The van der Waals surface area contributed by atoms with Crippen molar-refractivity contribution in [3.05, 3.63) is 0 Å². The van der Waals surface area contributed by atoms with E-state index in [-0.39, 0.29) is 5.54 Å². The maximum absolute atomic E-state index is 11.3. The molecule has 15 heavy (non-hydrogen) atoms. The van der Waals surface area contributed by atoms with Crippen molar-refractivity contribution in [3.8, 4) is 0 Å². The Kier molecular flexibility index (Phi) is 2.50. The van der Waals surface area contributed by atoms with E-state index in [1.54, 1.807) is 6.92 Å². The van der Waals surface area contributed by atoms with E-state index in [4.69, 9.17) is 12.2 Å². The van der Waals surface area contributed by atoms with Crippen LogP contribution in [0.2, 0.25) is 0 Å². The zero-order valence-corrected chi connectivity index (χ0v) is 9.43. The number of aliphatic carboxylic acids is 1. The van der Waals surface area contributed by atoms with Crippen LogP contribution in [0.15, 0.2) is 4.99 Å². The fraction of sp³-hybridized carbons (Fsp3) is 0.700. The van der Waals surface area contributed by atoms with Gasteiger partial charge in [0, 0.05) is 5.71 Å². The van der Waals surface area contributed by atoms with Gasteiger partial charge >= 0.3 is 5.97 Å². The molecule has 82 valence electrons. The van der Waals surface area contributed by atoms with E-state index < -0.39 is 11.9 Å². The van der Waals surface area contributed by atoms with E-state index in [1.807, 2.05) is 0 Å². The summed E-state index contributed by atoms with van der Waals surface area (Å²) in [4.78, 5) is 15.3. The van der Waals surface area contributed by atoms with Crippen molar-refractivity contribution in [2.24, 2.45) is 10.9 Å². The number of thiocarbonyl (C=S) groups is 1. The third kappa shape index (κ3) is 1.65. The van der Waals surface area contributed by atoms with Crippen molar-refractivity contribution < 1.29 is 9.90 Å². The van der Waals surface area contributed by atoms with Crippen LogP contribution in [-0.2, 0) is 4.79 Å². The molecule has 0 radical (unpaired) electrons.